The molecule has 0 amide bonds. The number of carbonyl (C=O) groups is 1. The van der Waals surface area contributed by atoms with Crippen LogP contribution < -0.4 is 0 Å². The van der Waals surface area contributed by atoms with Crippen LogP contribution in [0.15, 0.2) is 30.0 Å². The summed E-state index contributed by atoms with van der Waals surface area (Å²) < 4.78 is 1.71. The minimum atomic E-state index is -0.965. The summed E-state index contributed by atoms with van der Waals surface area (Å²) in [6, 6.07) is 3.84. The van der Waals surface area contributed by atoms with Crippen molar-refractivity contribution in [2.45, 2.75) is 0 Å². The van der Waals surface area contributed by atoms with Crippen LogP contribution in [0.4, 0.5) is 0 Å². The Hall–Kier alpha value is -2.21. The summed E-state index contributed by atoms with van der Waals surface area (Å²) in [6.07, 6.45) is 3.03. The molecule has 6 heteroatoms. The third-order valence-electron chi connectivity index (χ3n) is 2.74. The summed E-state index contributed by atoms with van der Waals surface area (Å²) in [4.78, 5) is 20.6. The van der Waals surface area contributed by atoms with E-state index < -0.39 is 5.97 Å². The van der Waals surface area contributed by atoms with E-state index in [-0.39, 0.29) is 5.56 Å². The minimum Gasteiger partial charge on any atom is -0.478 e. The van der Waals surface area contributed by atoms with E-state index in [1.165, 1.54) is 17.7 Å². The topological polar surface area (TPSA) is 68.0 Å². The monoisotopic (exact) mass is 259 g/mol. The summed E-state index contributed by atoms with van der Waals surface area (Å²) >= 11 is 1.53. The molecule has 1 N–H and O–H groups in total. The van der Waals surface area contributed by atoms with Crippen LogP contribution in [0, 0.1) is 0 Å². The van der Waals surface area contributed by atoms with Crippen LogP contribution in [0.25, 0.3) is 21.6 Å². The van der Waals surface area contributed by atoms with Gasteiger partial charge in [0.05, 0.1) is 21.5 Å². The molecular formula is C12H9N3O2S. The molecule has 3 aromatic rings. The predicted octanol–water partition coefficient (Wildman–Crippen LogP) is 2.40. The highest BCUT2D eigenvalue weighted by molar-refractivity contribution is 7.13. The van der Waals surface area contributed by atoms with Gasteiger partial charge in [0.2, 0.25) is 0 Å². The van der Waals surface area contributed by atoms with Crippen LogP contribution in [-0.2, 0) is 7.05 Å². The average molecular weight is 259 g/mol. The number of nitrogens with zero attached hydrogens (tertiary/aromatic N) is 3. The van der Waals surface area contributed by atoms with Gasteiger partial charge in [-0.1, -0.05) is 6.07 Å². The van der Waals surface area contributed by atoms with Gasteiger partial charge in [0.25, 0.3) is 0 Å². The van der Waals surface area contributed by atoms with Crippen molar-refractivity contribution in [3.8, 4) is 10.6 Å². The van der Waals surface area contributed by atoms with Gasteiger partial charge in [-0.25, -0.2) is 14.8 Å². The fraction of sp³-hybridized carbons (Fsp3) is 0.0833. The number of carboxylic acids is 1. The molecule has 0 aliphatic heterocycles. The van der Waals surface area contributed by atoms with Crippen LogP contribution in [0.1, 0.15) is 10.4 Å². The van der Waals surface area contributed by atoms with Crippen LogP contribution in [0.5, 0.6) is 0 Å². The van der Waals surface area contributed by atoms with Gasteiger partial charge in [-0.05, 0) is 11.4 Å². The molecule has 0 aromatic carbocycles. The Morgan fingerprint density at radius 2 is 2.28 bits per heavy atom. The fourth-order valence-corrected chi connectivity index (χ4v) is 2.70. The summed E-state index contributed by atoms with van der Waals surface area (Å²) in [7, 11) is 1.78. The summed E-state index contributed by atoms with van der Waals surface area (Å²) in [5.74, 6) is -0.965. The van der Waals surface area contributed by atoms with Gasteiger partial charge < -0.3 is 9.67 Å². The van der Waals surface area contributed by atoms with Gasteiger partial charge in [0, 0.05) is 13.2 Å². The number of hydrogen-bond acceptors (Lipinski definition) is 4. The van der Waals surface area contributed by atoms with Gasteiger partial charge >= 0.3 is 5.97 Å². The number of aromatic nitrogens is 3. The van der Waals surface area contributed by atoms with E-state index in [2.05, 4.69) is 9.97 Å². The minimum absolute atomic E-state index is 0.233. The maximum Gasteiger partial charge on any atom is 0.338 e. The number of rotatable bonds is 2. The standard InChI is InChI=1S/C12H9N3O2S/c1-15-5-7(12(16)17)9-10(8-3-2-4-18-8)13-6-14-11(9)15/h2-6H,1H3,(H,16,17). The van der Waals surface area contributed by atoms with E-state index >= 15 is 0 Å². The van der Waals surface area contributed by atoms with E-state index in [1.807, 2.05) is 17.5 Å². The molecule has 0 atom stereocenters. The molecule has 3 rings (SSSR count). The van der Waals surface area contributed by atoms with Gasteiger partial charge in [-0.15, -0.1) is 11.3 Å². The molecule has 0 bridgehead atoms. The third kappa shape index (κ3) is 1.50. The Labute approximate surface area is 106 Å². The molecule has 0 fully saturated rings. The van der Waals surface area contributed by atoms with Crippen molar-refractivity contribution in [3.05, 3.63) is 35.6 Å². The quantitative estimate of drug-likeness (QED) is 0.767. The van der Waals surface area contributed by atoms with Crippen molar-refractivity contribution >= 4 is 28.3 Å². The molecule has 5 nitrogen and oxygen atoms in total. The Bertz CT molecular complexity index is 731. The molecular weight excluding hydrogens is 250 g/mol. The number of hydrogen-bond donors (Lipinski definition) is 1. The summed E-state index contributed by atoms with van der Waals surface area (Å²) in [6.45, 7) is 0. The van der Waals surface area contributed by atoms with E-state index in [0.29, 0.717) is 16.7 Å². The Morgan fingerprint density at radius 3 is 2.94 bits per heavy atom. The second-order valence-corrected chi connectivity index (χ2v) is 4.80. The highest BCUT2D eigenvalue weighted by Gasteiger charge is 2.19. The number of aryl methyl sites for hydroxylation is 1. The maximum absolute atomic E-state index is 11.3. The lowest BCUT2D eigenvalue weighted by Crippen LogP contribution is -1.96. The number of carboxylic acid groups (broad SMARTS) is 1. The highest BCUT2D eigenvalue weighted by atomic mass is 32.1. The normalized spacial score (nSPS) is 10.9. The van der Waals surface area contributed by atoms with Crippen LogP contribution >= 0.6 is 11.3 Å². The third-order valence-corrected chi connectivity index (χ3v) is 3.61. The van der Waals surface area contributed by atoms with Crippen molar-refractivity contribution in [3.63, 3.8) is 0 Å². The zero-order valence-corrected chi connectivity index (χ0v) is 10.3. The molecule has 90 valence electrons. The van der Waals surface area contributed by atoms with Gasteiger partial charge in [-0.3, -0.25) is 0 Å². The van der Waals surface area contributed by atoms with Gasteiger partial charge in [-0.2, -0.15) is 0 Å². The Morgan fingerprint density at radius 1 is 1.44 bits per heavy atom. The lowest BCUT2D eigenvalue weighted by atomic mass is 10.1. The number of aromatic carboxylic acids is 1. The Balaban J connectivity index is 2.43. The zero-order chi connectivity index (χ0) is 12.7. The van der Waals surface area contributed by atoms with Crippen molar-refractivity contribution in [1.82, 2.24) is 14.5 Å². The smallest absolute Gasteiger partial charge is 0.338 e. The predicted molar refractivity (Wildman–Crippen MR) is 68.8 cm³/mol. The lowest BCUT2D eigenvalue weighted by molar-refractivity contribution is 0.0699. The first-order chi connectivity index (χ1) is 8.68. The molecule has 0 saturated carbocycles. The number of thiophene rings is 1. The summed E-state index contributed by atoms with van der Waals surface area (Å²) in [5, 5.41) is 11.8. The van der Waals surface area contributed by atoms with Crippen molar-refractivity contribution in [2.75, 3.05) is 0 Å². The lowest BCUT2D eigenvalue weighted by Gasteiger charge is -2.00. The highest BCUT2D eigenvalue weighted by Crippen LogP contribution is 2.31. The second-order valence-electron chi connectivity index (χ2n) is 3.86. The van der Waals surface area contributed by atoms with Crippen LogP contribution in [0.3, 0.4) is 0 Å². The summed E-state index contributed by atoms with van der Waals surface area (Å²) in [5.41, 5.74) is 1.54. The molecule has 0 unspecified atom stereocenters. The molecule has 0 radical (unpaired) electrons. The van der Waals surface area contributed by atoms with E-state index in [9.17, 15) is 9.90 Å². The van der Waals surface area contributed by atoms with E-state index in [0.717, 1.165) is 4.88 Å². The van der Waals surface area contributed by atoms with Gasteiger partial charge in [0.15, 0.2) is 0 Å². The number of fused-ring (bicyclic) bond motifs is 1. The van der Waals surface area contributed by atoms with E-state index in [1.54, 1.807) is 17.8 Å². The van der Waals surface area contributed by atoms with Crippen LogP contribution in [-0.4, -0.2) is 25.6 Å². The average Bonchev–Trinajstić information content (AvgIpc) is 2.97. The van der Waals surface area contributed by atoms with E-state index in [4.69, 9.17) is 0 Å². The van der Waals surface area contributed by atoms with Crippen molar-refractivity contribution in [1.29, 1.82) is 0 Å². The molecule has 0 aliphatic rings. The largest absolute Gasteiger partial charge is 0.478 e. The second kappa shape index (κ2) is 3.92. The zero-order valence-electron chi connectivity index (χ0n) is 9.49. The molecule has 3 aromatic heterocycles. The van der Waals surface area contributed by atoms with Crippen molar-refractivity contribution in [2.24, 2.45) is 7.05 Å². The van der Waals surface area contributed by atoms with Crippen molar-refractivity contribution < 1.29 is 9.90 Å². The molecule has 18 heavy (non-hydrogen) atoms. The molecule has 0 spiro atoms. The first-order valence-electron chi connectivity index (χ1n) is 5.25. The molecule has 0 saturated heterocycles. The maximum atomic E-state index is 11.3. The fourth-order valence-electron chi connectivity index (χ4n) is 1.97. The Kier molecular flexibility index (Phi) is 2.38. The van der Waals surface area contributed by atoms with Gasteiger partial charge in [0.1, 0.15) is 12.0 Å². The molecule has 3 heterocycles. The SMILES string of the molecule is Cn1cc(C(=O)O)c2c(-c3cccs3)ncnc21. The first kappa shape index (κ1) is 10.9. The van der Waals surface area contributed by atoms with Crippen LogP contribution in [0.2, 0.25) is 0 Å². The molecule has 0 aliphatic carbocycles. The first-order valence-corrected chi connectivity index (χ1v) is 6.13.